The number of hydrogen-bond donors (Lipinski definition) is 0. The van der Waals surface area contributed by atoms with Crippen molar-refractivity contribution in [3.63, 3.8) is 0 Å². The minimum absolute atomic E-state index is 0. The summed E-state index contributed by atoms with van der Waals surface area (Å²) in [6, 6.07) is 0. The van der Waals surface area contributed by atoms with Crippen molar-refractivity contribution >= 4 is 52.5 Å². The molecule has 0 aromatic heterocycles. The van der Waals surface area contributed by atoms with Crippen LogP contribution in [0.15, 0.2) is 0 Å². The Balaban J connectivity index is -0.000000101. The van der Waals surface area contributed by atoms with E-state index in [2.05, 4.69) is 27.7 Å². The summed E-state index contributed by atoms with van der Waals surface area (Å²) in [6.07, 6.45) is 18.3. The molecular weight excluding hydrogens is 678 g/mol. The van der Waals surface area contributed by atoms with Crippen LogP contribution >= 0.6 is 29.5 Å². The molecule has 0 aromatic carbocycles. The van der Waals surface area contributed by atoms with Crippen LogP contribution in [0.25, 0.3) is 0 Å². The van der Waals surface area contributed by atoms with E-state index in [1.165, 1.54) is 26.7 Å². The summed E-state index contributed by atoms with van der Waals surface area (Å²) >= 11 is 0. The summed E-state index contributed by atoms with van der Waals surface area (Å²) in [7, 11) is -11.8. The molecule has 0 amide bonds. The van der Waals surface area contributed by atoms with Crippen molar-refractivity contribution in [2.24, 2.45) is 0 Å². The van der Waals surface area contributed by atoms with E-state index in [0.717, 1.165) is 103 Å². The average Bonchev–Trinajstić information content (AvgIpc) is 2.79. The first kappa shape index (κ1) is 56.5. The van der Waals surface area contributed by atoms with Crippen LogP contribution in [0, 0.1) is 0 Å². The van der Waals surface area contributed by atoms with Gasteiger partial charge in [0.25, 0.3) is 0 Å². The van der Waals surface area contributed by atoms with Crippen molar-refractivity contribution in [2.45, 2.75) is 130 Å². The second kappa shape index (κ2) is 36.0. The molecule has 14 heteroatoms. The summed E-state index contributed by atoms with van der Waals surface area (Å²) in [5, 5.41) is 0. The first-order valence-corrected chi connectivity index (χ1v) is 24.4. The predicted molar refractivity (Wildman–Crippen MR) is 176 cm³/mol. The maximum absolute atomic E-state index is 10.6. The Morgan fingerprint density at radius 3 is 0.595 bits per heavy atom. The van der Waals surface area contributed by atoms with Gasteiger partial charge < -0.3 is 37.8 Å². The van der Waals surface area contributed by atoms with Crippen LogP contribution in [0.4, 0.5) is 0 Å². The second-order valence-corrected chi connectivity index (χ2v) is 21.1. The molecule has 0 saturated heterocycles. The number of hydrogen-bond acceptors (Lipinski definition) is 8. The van der Waals surface area contributed by atoms with Crippen LogP contribution < -0.4 is 19.6 Å². The van der Waals surface area contributed by atoms with Crippen LogP contribution in [0.5, 0.6) is 0 Å². The smallest absolute Gasteiger partial charge is 0.799 e. The molecule has 0 rings (SSSR count). The fourth-order valence-electron chi connectivity index (χ4n) is 3.30. The van der Waals surface area contributed by atoms with Crippen molar-refractivity contribution in [1.29, 1.82) is 0 Å². The van der Waals surface area contributed by atoms with Crippen molar-refractivity contribution in [2.75, 3.05) is 51.3 Å². The SMILES string of the molecule is CCCCCCP(C)(=O)[O-].CCCCCCP(C)(=O)[O-].CCCCCCP(C)(=O)[O-].CCCCCCP(C)(=O)[O-].[Mg+2].[Zn+2]. The third-order valence-corrected chi connectivity index (χ3v) is 10.2. The molecule has 0 fully saturated rings. The Bertz CT molecular complexity index is 601. The minimum Gasteiger partial charge on any atom is -0.799 e. The summed E-state index contributed by atoms with van der Waals surface area (Å²) in [5.41, 5.74) is 0. The van der Waals surface area contributed by atoms with Crippen LogP contribution in [0.3, 0.4) is 0 Å². The Kier molecular flexibility index (Phi) is 48.4. The van der Waals surface area contributed by atoms with Gasteiger partial charge in [0.05, 0.1) is 0 Å². The number of unbranched alkanes of at least 4 members (excludes halogenated alkanes) is 12. The fourth-order valence-corrected chi connectivity index (χ4v) is 6.50. The Morgan fingerprint density at radius 1 is 0.357 bits per heavy atom. The van der Waals surface area contributed by atoms with Gasteiger partial charge in [0, 0.05) is 29.5 Å². The molecule has 42 heavy (non-hydrogen) atoms. The molecule has 0 aliphatic heterocycles. The molecule has 0 aromatic rings. The third-order valence-electron chi connectivity index (χ3n) is 5.67. The standard InChI is InChI=1S/4C7H17O2P.Mg.Zn/c4*1-3-4-5-6-7-10(2,8)9;;/h4*3-7H2,1-2H3,(H,8,9);;/q;;;;2*+2/p-4. The predicted octanol–water partition coefficient (Wildman–Crippen LogP) is 6.96. The fraction of sp³-hybridized carbons (Fsp3) is 1.00. The van der Waals surface area contributed by atoms with Crippen LogP contribution in [0.2, 0.25) is 0 Å². The average molecular weight is 742 g/mol. The molecule has 4 unspecified atom stereocenters. The van der Waals surface area contributed by atoms with Gasteiger partial charge in [-0.2, -0.15) is 0 Å². The Hall–Kier alpha value is 2.15. The summed E-state index contributed by atoms with van der Waals surface area (Å²) in [5.74, 6) is 0. The third kappa shape index (κ3) is 78.5. The summed E-state index contributed by atoms with van der Waals surface area (Å²) in [6.45, 7) is 13.7. The van der Waals surface area contributed by atoms with Crippen LogP contribution in [-0.4, -0.2) is 74.4 Å². The molecule has 0 saturated carbocycles. The molecule has 0 radical (unpaired) electrons. The molecular formula is C28H64MgO8P4Zn. The normalized spacial score (nSPS) is 15.9. The van der Waals surface area contributed by atoms with Crippen LogP contribution in [0.1, 0.15) is 130 Å². The Morgan fingerprint density at radius 2 is 0.500 bits per heavy atom. The first-order valence-electron chi connectivity index (χ1n) is 15.3. The molecule has 0 bridgehead atoms. The molecule has 0 aliphatic carbocycles. The molecule has 8 nitrogen and oxygen atoms in total. The van der Waals surface area contributed by atoms with E-state index >= 15 is 0 Å². The topological polar surface area (TPSA) is 161 Å². The van der Waals surface area contributed by atoms with E-state index in [0.29, 0.717) is 24.6 Å². The van der Waals surface area contributed by atoms with Crippen molar-refractivity contribution in [1.82, 2.24) is 0 Å². The van der Waals surface area contributed by atoms with Gasteiger partial charge in [-0.05, 0) is 77.0 Å². The van der Waals surface area contributed by atoms with E-state index < -0.39 is 29.5 Å². The largest absolute Gasteiger partial charge is 2.00 e. The van der Waals surface area contributed by atoms with Gasteiger partial charge in [-0.25, -0.2) is 0 Å². The van der Waals surface area contributed by atoms with E-state index in [9.17, 15) is 37.8 Å². The van der Waals surface area contributed by atoms with Gasteiger partial charge in [-0.1, -0.05) is 105 Å². The van der Waals surface area contributed by atoms with Gasteiger partial charge in [-0.3, -0.25) is 0 Å². The van der Waals surface area contributed by atoms with E-state index in [1.54, 1.807) is 0 Å². The van der Waals surface area contributed by atoms with Gasteiger partial charge in [0.1, 0.15) is 0 Å². The quantitative estimate of drug-likeness (QED) is 0.0736. The zero-order valence-electron chi connectivity index (χ0n) is 28.6. The molecule has 0 spiro atoms. The van der Waals surface area contributed by atoms with E-state index in [4.69, 9.17) is 0 Å². The first-order chi connectivity index (χ1) is 18.2. The summed E-state index contributed by atoms with van der Waals surface area (Å²) in [4.78, 5) is 42.5. The molecule has 0 heterocycles. The number of rotatable bonds is 20. The van der Waals surface area contributed by atoms with E-state index in [1.807, 2.05) is 0 Å². The van der Waals surface area contributed by atoms with Crippen molar-refractivity contribution in [3.05, 3.63) is 0 Å². The molecule has 0 aliphatic rings. The van der Waals surface area contributed by atoms with Gasteiger partial charge in [0.15, 0.2) is 0 Å². The maximum Gasteiger partial charge on any atom is 2.00 e. The Labute approximate surface area is 289 Å². The summed E-state index contributed by atoms with van der Waals surface area (Å²) < 4.78 is 42.5. The molecule has 4 atom stereocenters. The van der Waals surface area contributed by atoms with Gasteiger partial charge in [-0.15, -0.1) is 0 Å². The molecule has 0 N–H and O–H groups in total. The van der Waals surface area contributed by atoms with Crippen LogP contribution in [-0.2, 0) is 37.7 Å². The minimum atomic E-state index is -2.96. The van der Waals surface area contributed by atoms with Crippen molar-refractivity contribution < 1.29 is 57.3 Å². The van der Waals surface area contributed by atoms with Gasteiger partial charge in [0.2, 0.25) is 0 Å². The van der Waals surface area contributed by atoms with E-state index in [-0.39, 0.29) is 42.5 Å². The second-order valence-electron chi connectivity index (χ2n) is 11.2. The zero-order chi connectivity index (χ0) is 32.1. The zero-order valence-corrected chi connectivity index (χ0v) is 36.6. The molecule has 248 valence electrons. The monoisotopic (exact) mass is 740 g/mol. The van der Waals surface area contributed by atoms with Crippen molar-refractivity contribution in [3.8, 4) is 0 Å². The van der Waals surface area contributed by atoms with Gasteiger partial charge >= 0.3 is 42.5 Å². The maximum atomic E-state index is 10.6.